The second kappa shape index (κ2) is 5.71. The van der Waals surface area contributed by atoms with Crippen LogP contribution in [0.3, 0.4) is 0 Å². The van der Waals surface area contributed by atoms with E-state index >= 15 is 0 Å². The Hall–Kier alpha value is -2.07. The van der Waals surface area contributed by atoms with Crippen LogP contribution in [0.4, 0.5) is 10.1 Å². The molecule has 98 valence electrons. The largest absolute Gasteiger partial charge is 0.458 e. The topological polar surface area (TPSA) is 42.2 Å². The number of furan rings is 1. The van der Waals surface area contributed by atoms with Crippen molar-refractivity contribution in [2.24, 2.45) is 0 Å². The molecule has 0 saturated carbocycles. The number of carbonyl (C=O) groups is 1. The second-order valence-corrected chi connectivity index (χ2v) is 4.29. The lowest BCUT2D eigenvalue weighted by molar-refractivity contribution is 0.102. The molecular weight excluding hydrogens is 269 g/mol. The Labute approximate surface area is 114 Å². The van der Waals surface area contributed by atoms with E-state index in [2.05, 4.69) is 5.32 Å². The molecule has 0 atom stereocenters. The van der Waals surface area contributed by atoms with Crippen molar-refractivity contribution >= 4 is 23.1 Å². The molecule has 0 unspecified atom stereocenters. The van der Waals surface area contributed by atoms with E-state index in [-0.39, 0.29) is 16.6 Å². The molecule has 0 aliphatic heterocycles. The zero-order valence-corrected chi connectivity index (χ0v) is 10.9. The summed E-state index contributed by atoms with van der Waals surface area (Å²) in [4.78, 5) is 11.7. The maximum atomic E-state index is 12.9. The maximum absolute atomic E-state index is 12.9. The molecule has 0 amide bonds. The van der Waals surface area contributed by atoms with Gasteiger partial charge in [0.1, 0.15) is 11.6 Å². The van der Waals surface area contributed by atoms with Gasteiger partial charge in [0.05, 0.1) is 5.02 Å². The molecule has 0 aliphatic carbocycles. The lowest BCUT2D eigenvalue weighted by Crippen LogP contribution is -1.94. The molecule has 2 rings (SSSR count). The maximum Gasteiger partial charge on any atom is 0.222 e. The van der Waals surface area contributed by atoms with Gasteiger partial charge in [0.2, 0.25) is 5.78 Å². The fourth-order valence-electron chi connectivity index (χ4n) is 1.45. The quantitative estimate of drug-likeness (QED) is 0.674. The zero-order chi connectivity index (χ0) is 13.8. The van der Waals surface area contributed by atoms with Gasteiger partial charge in [0.25, 0.3) is 0 Å². The van der Waals surface area contributed by atoms with Gasteiger partial charge in [-0.15, -0.1) is 0 Å². The normalized spacial score (nSPS) is 10.9. The van der Waals surface area contributed by atoms with Gasteiger partial charge in [0.15, 0.2) is 5.76 Å². The summed E-state index contributed by atoms with van der Waals surface area (Å²) in [5.41, 5.74) is 0.589. The Morgan fingerprint density at radius 3 is 2.79 bits per heavy atom. The van der Waals surface area contributed by atoms with E-state index in [0.717, 1.165) is 0 Å². The van der Waals surface area contributed by atoms with Gasteiger partial charge in [0, 0.05) is 18.0 Å². The zero-order valence-electron chi connectivity index (χ0n) is 10.1. The SMILES string of the molecule is Cc1ccc(C(=O)/C=C/Nc2ccc(F)c(Cl)c2)o1. The van der Waals surface area contributed by atoms with Gasteiger partial charge in [-0.3, -0.25) is 4.79 Å². The van der Waals surface area contributed by atoms with E-state index in [1.165, 1.54) is 30.5 Å². The molecule has 2 aromatic rings. The number of hydrogen-bond donors (Lipinski definition) is 1. The molecule has 0 saturated heterocycles. The third kappa shape index (κ3) is 3.45. The number of benzene rings is 1. The molecule has 19 heavy (non-hydrogen) atoms. The predicted octanol–water partition coefficient (Wildman–Crippen LogP) is 4.19. The van der Waals surface area contributed by atoms with Crippen LogP contribution in [-0.4, -0.2) is 5.78 Å². The van der Waals surface area contributed by atoms with Crippen molar-refractivity contribution in [3.63, 3.8) is 0 Å². The van der Waals surface area contributed by atoms with Crippen molar-refractivity contribution in [3.8, 4) is 0 Å². The summed E-state index contributed by atoms with van der Waals surface area (Å²) in [6, 6.07) is 7.52. The summed E-state index contributed by atoms with van der Waals surface area (Å²) < 4.78 is 18.1. The number of ketones is 1. The van der Waals surface area contributed by atoms with Crippen LogP contribution in [-0.2, 0) is 0 Å². The standard InChI is InChI=1S/C14H11ClFNO2/c1-9-2-5-14(19-9)13(18)6-7-17-10-3-4-12(16)11(15)8-10/h2-8,17H,1H3/b7-6+. The number of anilines is 1. The minimum absolute atomic E-state index is 0.0198. The Bertz CT molecular complexity index is 634. The number of hydrogen-bond acceptors (Lipinski definition) is 3. The van der Waals surface area contributed by atoms with Crippen molar-refractivity contribution in [1.82, 2.24) is 0 Å². The number of allylic oxidation sites excluding steroid dienone is 1. The first-order valence-corrected chi connectivity index (χ1v) is 5.93. The molecule has 1 heterocycles. The van der Waals surface area contributed by atoms with E-state index in [9.17, 15) is 9.18 Å². The van der Waals surface area contributed by atoms with Crippen LogP contribution in [0, 0.1) is 12.7 Å². The van der Waals surface area contributed by atoms with Gasteiger partial charge >= 0.3 is 0 Å². The molecule has 0 radical (unpaired) electrons. The van der Waals surface area contributed by atoms with E-state index < -0.39 is 5.82 Å². The number of halogens is 2. The average molecular weight is 280 g/mol. The molecular formula is C14H11ClFNO2. The highest BCUT2D eigenvalue weighted by Crippen LogP contribution is 2.19. The van der Waals surface area contributed by atoms with Crippen molar-refractivity contribution in [1.29, 1.82) is 0 Å². The van der Waals surface area contributed by atoms with Crippen LogP contribution in [0.2, 0.25) is 5.02 Å². The highest BCUT2D eigenvalue weighted by Gasteiger charge is 2.05. The lowest BCUT2D eigenvalue weighted by Gasteiger charge is -2.01. The van der Waals surface area contributed by atoms with Gasteiger partial charge in [-0.2, -0.15) is 0 Å². The molecule has 1 aromatic carbocycles. The second-order valence-electron chi connectivity index (χ2n) is 3.88. The summed E-state index contributed by atoms with van der Waals surface area (Å²) in [7, 11) is 0. The molecule has 5 heteroatoms. The van der Waals surface area contributed by atoms with Crippen LogP contribution in [0.1, 0.15) is 16.3 Å². The molecule has 0 aliphatic rings. The fraction of sp³-hybridized carbons (Fsp3) is 0.0714. The molecule has 0 bridgehead atoms. The molecule has 1 aromatic heterocycles. The van der Waals surface area contributed by atoms with E-state index in [1.807, 2.05) is 0 Å². The third-order valence-electron chi connectivity index (χ3n) is 2.39. The third-order valence-corrected chi connectivity index (χ3v) is 2.68. The number of rotatable bonds is 4. The molecule has 0 spiro atoms. The summed E-state index contributed by atoms with van der Waals surface area (Å²) >= 11 is 5.63. The van der Waals surface area contributed by atoms with Crippen LogP contribution >= 0.6 is 11.6 Å². The highest BCUT2D eigenvalue weighted by atomic mass is 35.5. The van der Waals surface area contributed by atoms with Gasteiger partial charge in [-0.05, 0) is 37.3 Å². The Balaban J connectivity index is 2.00. The molecule has 1 N–H and O–H groups in total. The van der Waals surface area contributed by atoms with Gasteiger partial charge in [-0.1, -0.05) is 11.6 Å². The van der Waals surface area contributed by atoms with E-state index in [0.29, 0.717) is 11.4 Å². The summed E-state index contributed by atoms with van der Waals surface area (Å²) in [6.07, 6.45) is 2.78. The summed E-state index contributed by atoms with van der Waals surface area (Å²) in [6.45, 7) is 1.76. The van der Waals surface area contributed by atoms with Crippen LogP contribution in [0.5, 0.6) is 0 Å². The minimum atomic E-state index is -0.488. The Morgan fingerprint density at radius 1 is 1.37 bits per heavy atom. The van der Waals surface area contributed by atoms with Crippen molar-refractivity contribution < 1.29 is 13.6 Å². The fourth-order valence-corrected chi connectivity index (χ4v) is 1.63. The predicted molar refractivity (Wildman–Crippen MR) is 71.9 cm³/mol. The van der Waals surface area contributed by atoms with Crippen molar-refractivity contribution in [2.75, 3.05) is 5.32 Å². The van der Waals surface area contributed by atoms with Gasteiger partial charge < -0.3 is 9.73 Å². The number of aryl methyl sites for hydroxylation is 1. The minimum Gasteiger partial charge on any atom is -0.458 e. The van der Waals surface area contributed by atoms with Gasteiger partial charge in [-0.25, -0.2) is 4.39 Å². The average Bonchev–Trinajstić information content (AvgIpc) is 2.80. The van der Waals surface area contributed by atoms with Crippen molar-refractivity contribution in [2.45, 2.75) is 6.92 Å². The molecule has 3 nitrogen and oxygen atoms in total. The van der Waals surface area contributed by atoms with Crippen molar-refractivity contribution in [3.05, 3.63) is 65.0 Å². The van der Waals surface area contributed by atoms with Crippen LogP contribution in [0.25, 0.3) is 0 Å². The first kappa shape index (κ1) is 13.4. The Morgan fingerprint density at radius 2 is 2.16 bits per heavy atom. The first-order chi connectivity index (χ1) is 9.06. The number of carbonyl (C=O) groups excluding carboxylic acids is 1. The molecule has 0 fully saturated rings. The monoisotopic (exact) mass is 279 g/mol. The van der Waals surface area contributed by atoms with E-state index in [1.54, 1.807) is 19.1 Å². The number of nitrogens with one attached hydrogen (secondary N) is 1. The lowest BCUT2D eigenvalue weighted by atomic mass is 10.3. The smallest absolute Gasteiger partial charge is 0.222 e. The summed E-state index contributed by atoms with van der Waals surface area (Å²) in [5, 5.41) is 2.85. The highest BCUT2D eigenvalue weighted by molar-refractivity contribution is 6.31. The van der Waals surface area contributed by atoms with E-state index in [4.69, 9.17) is 16.0 Å². The summed E-state index contributed by atoms with van der Waals surface area (Å²) in [5.74, 6) is 0.204. The Kier molecular flexibility index (Phi) is 4.02. The van der Waals surface area contributed by atoms with Crippen LogP contribution < -0.4 is 5.32 Å². The van der Waals surface area contributed by atoms with Crippen LogP contribution in [0.15, 0.2) is 47.0 Å². The first-order valence-electron chi connectivity index (χ1n) is 5.55.